The normalized spacial score (nSPS) is 12.8. The van der Waals surface area contributed by atoms with Crippen molar-refractivity contribution in [2.75, 3.05) is 27.3 Å². The van der Waals surface area contributed by atoms with E-state index < -0.39 is 0 Å². The number of aliphatic hydroxyl groups excluding tert-OH is 1. The predicted octanol–water partition coefficient (Wildman–Crippen LogP) is 2.42. The summed E-state index contributed by atoms with van der Waals surface area (Å²) in [4.78, 5) is 0. The summed E-state index contributed by atoms with van der Waals surface area (Å²) in [6.07, 6.45) is 0. The first kappa shape index (κ1) is 15.0. The molecule has 0 bridgehead atoms. The summed E-state index contributed by atoms with van der Waals surface area (Å²) in [5, 5.41) is 12.7. The number of aliphatic hydroxyl groups is 1. The first-order valence-corrected chi connectivity index (χ1v) is 6.49. The van der Waals surface area contributed by atoms with Gasteiger partial charge in [0.1, 0.15) is 5.75 Å². The van der Waals surface area contributed by atoms with Crippen molar-refractivity contribution < 1.29 is 9.84 Å². The van der Waals surface area contributed by atoms with E-state index in [0.717, 1.165) is 12.3 Å². The Kier molecular flexibility index (Phi) is 5.63. The lowest BCUT2D eigenvalue weighted by Gasteiger charge is -2.21. The van der Waals surface area contributed by atoms with E-state index in [9.17, 15) is 5.11 Å². The van der Waals surface area contributed by atoms with Gasteiger partial charge in [-0.25, -0.2) is 0 Å². The number of methoxy groups -OCH3 is 1. The van der Waals surface area contributed by atoms with Gasteiger partial charge in [-0.05, 0) is 42.6 Å². The third kappa shape index (κ3) is 3.24. The summed E-state index contributed by atoms with van der Waals surface area (Å²) < 4.78 is 5.44. The highest BCUT2D eigenvalue weighted by Gasteiger charge is 2.17. The molecular weight excluding hydrogens is 226 g/mol. The molecule has 0 saturated carbocycles. The number of hydrogen-bond donors (Lipinski definition) is 2. The fourth-order valence-electron chi connectivity index (χ4n) is 2.30. The Morgan fingerprint density at radius 2 is 1.94 bits per heavy atom. The Balaban J connectivity index is 3.23. The van der Waals surface area contributed by atoms with E-state index in [-0.39, 0.29) is 12.5 Å². The maximum Gasteiger partial charge on any atom is 0.122 e. The van der Waals surface area contributed by atoms with E-state index >= 15 is 0 Å². The molecule has 1 rings (SSSR count). The van der Waals surface area contributed by atoms with Crippen molar-refractivity contribution in [1.82, 2.24) is 5.32 Å². The van der Waals surface area contributed by atoms with Gasteiger partial charge in [0.05, 0.1) is 13.7 Å². The van der Waals surface area contributed by atoms with E-state index in [4.69, 9.17) is 4.74 Å². The topological polar surface area (TPSA) is 41.5 Å². The average molecular weight is 251 g/mol. The zero-order valence-corrected chi connectivity index (χ0v) is 12.1. The molecule has 0 saturated heterocycles. The molecule has 3 nitrogen and oxygen atoms in total. The van der Waals surface area contributed by atoms with Crippen molar-refractivity contribution in [3.63, 3.8) is 0 Å². The Labute approximate surface area is 110 Å². The van der Waals surface area contributed by atoms with Crippen LogP contribution in [0.5, 0.6) is 5.75 Å². The molecule has 0 aliphatic rings. The smallest absolute Gasteiger partial charge is 0.122 e. The molecule has 0 fully saturated rings. The standard InChI is InChI=1S/C15H25NO2/c1-10(2)13-7-14(12(9-17)8-16-4)11(3)6-15(13)18-5/h6-7,10,12,16-17H,8-9H2,1-5H3. The molecule has 0 aliphatic heterocycles. The molecule has 0 amide bonds. The number of nitrogens with one attached hydrogen (secondary N) is 1. The summed E-state index contributed by atoms with van der Waals surface area (Å²) in [5.41, 5.74) is 3.58. The molecule has 0 heterocycles. The highest BCUT2D eigenvalue weighted by Crippen LogP contribution is 2.32. The summed E-state index contributed by atoms with van der Waals surface area (Å²) >= 11 is 0. The number of aryl methyl sites for hydroxylation is 1. The molecule has 1 unspecified atom stereocenters. The molecule has 0 spiro atoms. The van der Waals surface area contributed by atoms with Crippen LogP contribution in [0.1, 0.15) is 42.4 Å². The molecule has 1 atom stereocenters. The maximum atomic E-state index is 9.52. The van der Waals surface area contributed by atoms with Gasteiger partial charge in [-0.2, -0.15) is 0 Å². The Morgan fingerprint density at radius 3 is 2.39 bits per heavy atom. The molecule has 18 heavy (non-hydrogen) atoms. The van der Waals surface area contributed by atoms with Crippen molar-refractivity contribution in [3.8, 4) is 5.75 Å². The number of likely N-dealkylation sites (N-methyl/N-ethyl adjacent to an activating group) is 1. The van der Waals surface area contributed by atoms with E-state index in [0.29, 0.717) is 5.92 Å². The van der Waals surface area contributed by atoms with E-state index in [2.05, 4.69) is 38.2 Å². The lowest BCUT2D eigenvalue weighted by molar-refractivity contribution is 0.263. The lowest BCUT2D eigenvalue weighted by atomic mass is 9.90. The van der Waals surface area contributed by atoms with Crippen LogP contribution in [0.4, 0.5) is 0 Å². The first-order valence-electron chi connectivity index (χ1n) is 6.49. The van der Waals surface area contributed by atoms with Crippen LogP contribution in [-0.4, -0.2) is 32.4 Å². The second kappa shape index (κ2) is 6.76. The molecular formula is C15H25NO2. The van der Waals surface area contributed by atoms with Gasteiger partial charge in [0.15, 0.2) is 0 Å². The first-order chi connectivity index (χ1) is 8.54. The van der Waals surface area contributed by atoms with E-state index in [1.807, 2.05) is 7.05 Å². The SMILES string of the molecule is CNCC(CO)c1cc(C(C)C)c(OC)cc1C. The van der Waals surface area contributed by atoms with Gasteiger partial charge in [-0.1, -0.05) is 19.9 Å². The van der Waals surface area contributed by atoms with Gasteiger partial charge >= 0.3 is 0 Å². The molecule has 3 heteroatoms. The predicted molar refractivity (Wildman–Crippen MR) is 75.6 cm³/mol. The Morgan fingerprint density at radius 1 is 1.28 bits per heavy atom. The molecule has 1 aromatic carbocycles. The summed E-state index contributed by atoms with van der Waals surface area (Å²) in [7, 11) is 3.61. The Hall–Kier alpha value is -1.06. The van der Waals surface area contributed by atoms with Gasteiger partial charge in [0.2, 0.25) is 0 Å². The minimum Gasteiger partial charge on any atom is -0.496 e. The monoisotopic (exact) mass is 251 g/mol. The highest BCUT2D eigenvalue weighted by atomic mass is 16.5. The van der Waals surface area contributed by atoms with Crippen molar-refractivity contribution >= 4 is 0 Å². The molecule has 102 valence electrons. The van der Waals surface area contributed by atoms with E-state index in [1.54, 1.807) is 7.11 Å². The van der Waals surface area contributed by atoms with Gasteiger partial charge in [0, 0.05) is 12.5 Å². The van der Waals surface area contributed by atoms with E-state index in [1.165, 1.54) is 16.7 Å². The second-order valence-electron chi connectivity index (χ2n) is 5.04. The maximum absolute atomic E-state index is 9.52. The number of rotatable bonds is 6. The quantitative estimate of drug-likeness (QED) is 0.816. The van der Waals surface area contributed by atoms with Crippen LogP contribution in [0.3, 0.4) is 0 Å². The fourth-order valence-corrected chi connectivity index (χ4v) is 2.30. The molecule has 1 aromatic rings. The fraction of sp³-hybridized carbons (Fsp3) is 0.600. The van der Waals surface area contributed by atoms with Gasteiger partial charge in [-0.15, -0.1) is 0 Å². The van der Waals surface area contributed by atoms with Gasteiger partial charge in [-0.3, -0.25) is 0 Å². The van der Waals surface area contributed by atoms with Gasteiger partial charge in [0.25, 0.3) is 0 Å². The number of hydrogen-bond acceptors (Lipinski definition) is 3. The Bertz CT molecular complexity index is 388. The van der Waals surface area contributed by atoms with Crippen LogP contribution in [0.15, 0.2) is 12.1 Å². The zero-order chi connectivity index (χ0) is 13.7. The van der Waals surface area contributed by atoms with Crippen LogP contribution in [0, 0.1) is 6.92 Å². The zero-order valence-electron chi connectivity index (χ0n) is 12.1. The molecule has 0 aliphatic carbocycles. The van der Waals surface area contributed by atoms with Crippen LogP contribution in [0.2, 0.25) is 0 Å². The van der Waals surface area contributed by atoms with Crippen molar-refractivity contribution in [2.24, 2.45) is 0 Å². The third-order valence-electron chi connectivity index (χ3n) is 3.35. The number of benzene rings is 1. The van der Waals surface area contributed by atoms with Crippen LogP contribution in [0.25, 0.3) is 0 Å². The summed E-state index contributed by atoms with van der Waals surface area (Å²) in [5.74, 6) is 1.49. The van der Waals surface area contributed by atoms with Crippen LogP contribution >= 0.6 is 0 Å². The minimum absolute atomic E-state index is 0.137. The van der Waals surface area contributed by atoms with Crippen molar-refractivity contribution in [1.29, 1.82) is 0 Å². The average Bonchev–Trinajstić information content (AvgIpc) is 2.35. The van der Waals surface area contributed by atoms with Gasteiger partial charge < -0.3 is 15.2 Å². The minimum atomic E-state index is 0.137. The summed E-state index contributed by atoms with van der Waals surface area (Å²) in [6.45, 7) is 7.32. The largest absolute Gasteiger partial charge is 0.496 e. The molecule has 2 N–H and O–H groups in total. The van der Waals surface area contributed by atoms with Crippen molar-refractivity contribution in [2.45, 2.75) is 32.6 Å². The highest BCUT2D eigenvalue weighted by molar-refractivity contribution is 5.45. The number of ether oxygens (including phenoxy) is 1. The van der Waals surface area contributed by atoms with Crippen LogP contribution < -0.4 is 10.1 Å². The molecule has 0 radical (unpaired) electrons. The van der Waals surface area contributed by atoms with Crippen LogP contribution in [-0.2, 0) is 0 Å². The second-order valence-corrected chi connectivity index (χ2v) is 5.04. The lowest BCUT2D eigenvalue weighted by Crippen LogP contribution is -2.21. The third-order valence-corrected chi connectivity index (χ3v) is 3.35. The molecule has 0 aromatic heterocycles. The van der Waals surface area contributed by atoms with Crippen molar-refractivity contribution in [3.05, 3.63) is 28.8 Å². The summed E-state index contributed by atoms with van der Waals surface area (Å²) in [6, 6.07) is 4.25.